The number of anilines is 1. The Bertz CT molecular complexity index is 544. The number of benzene rings is 1. The van der Waals surface area contributed by atoms with Gasteiger partial charge < -0.3 is 14.7 Å². The van der Waals surface area contributed by atoms with Crippen LogP contribution in [0.5, 0.6) is 0 Å². The second-order valence-corrected chi connectivity index (χ2v) is 5.05. The van der Waals surface area contributed by atoms with Gasteiger partial charge in [-0.1, -0.05) is 12.1 Å². The molecule has 1 aliphatic rings. The van der Waals surface area contributed by atoms with E-state index in [2.05, 4.69) is 17.0 Å². The summed E-state index contributed by atoms with van der Waals surface area (Å²) >= 11 is 0. The number of aliphatic hydroxyl groups excluding tert-OH is 1. The molecule has 1 heterocycles. The lowest BCUT2D eigenvalue weighted by atomic mass is 10.0. The maximum absolute atomic E-state index is 9.89. The highest BCUT2D eigenvalue weighted by Gasteiger charge is 2.17. The molecule has 0 spiro atoms. The molecule has 1 aliphatic heterocycles. The lowest BCUT2D eigenvalue weighted by Gasteiger charge is -2.31. The summed E-state index contributed by atoms with van der Waals surface area (Å²) in [6, 6.07) is 7.61. The van der Waals surface area contributed by atoms with Crippen molar-refractivity contribution in [2.45, 2.75) is 19.4 Å². The molecule has 1 aromatic carbocycles. The predicted molar refractivity (Wildman–Crippen MR) is 78.6 cm³/mol. The Balaban J connectivity index is 2.26. The second-order valence-electron chi connectivity index (χ2n) is 5.05. The van der Waals surface area contributed by atoms with Crippen LogP contribution < -0.4 is 4.90 Å². The zero-order chi connectivity index (χ0) is 14.5. The number of methoxy groups -OCH3 is 1. The van der Waals surface area contributed by atoms with E-state index in [1.807, 2.05) is 12.1 Å². The maximum atomic E-state index is 9.89. The van der Waals surface area contributed by atoms with Gasteiger partial charge in [0, 0.05) is 31.5 Å². The van der Waals surface area contributed by atoms with Gasteiger partial charge in [-0.05, 0) is 31.1 Å². The van der Waals surface area contributed by atoms with Crippen LogP contribution in [0.3, 0.4) is 0 Å². The number of hydrogen-bond acceptors (Lipinski definition) is 4. The standard InChI is InChI=1S/C16H20N2O2/c1-12(19)15-4-3-14(10-17)9-16(15)18-7-5-13(6-8-18)11-20-2/h3-5,9,12,19H,6-8,11H2,1-2H3/t12-/m0/s1. The van der Waals surface area contributed by atoms with Crippen LogP contribution in [0.2, 0.25) is 0 Å². The van der Waals surface area contributed by atoms with Crippen LogP contribution in [-0.4, -0.2) is 31.9 Å². The van der Waals surface area contributed by atoms with E-state index in [0.29, 0.717) is 12.2 Å². The fraction of sp³-hybridized carbons (Fsp3) is 0.438. The molecule has 4 nitrogen and oxygen atoms in total. The minimum Gasteiger partial charge on any atom is -0.389 e. The summed E-state index contributed by atoms with van der Waals surface area (Å²) in [5, 5.41) is 18.9. The van der Waals surface area contributed by atoms with Crippen LogP contribution in [0.15, 0.2) is 29.8 Å². The molecular formula is C16H20N2O2. The number of rotatable bonds is 4. The third kappa shape index (κ3) is 3.19. The minimum absolute atomic E-state index is 0.540. The van der Waals surface area contributed by atoms with Crippen molar-refractivity contribution in [3.05, 3.63) is 41.0 Å². The van der Waals surface area contributed by atoms with E-state index in [0.717, 1.165) is 30.8 Å². The number of nitriles is 1. The first-order chi connectivity index (χ1) is 9.65. The summed E-state index contributed by atoms with van der Waals surface area (Å²) < 4.78 is 5.15. The van der Waals surface area contributed by atoms with E-state index in [9.17, 15) is 5.11 Å². The van der Waals surface area contributed by atoms with Crippen LogP contribution >= 0.6 is 0 Å². The van der Waals surface area contributed by atoms with Crippen LogP contribution in [0.25, 0.3) is 0 Å². The predicted octanol–water partition coefficient (Wildman–Crippen LogP) is 2.39. The maximum Gasteiger partial charge on any atom is 0.0992 e. The Hall–Kier alpha value is -1.83. The van der Waals surface area contributed by atoms with Crippen LogP contribution in [0.1, 0.15) is 30.6 Å². The van der Waals surface area contributed by atoms with Gasteiger partial charge in [-0.25, -0.2) is 0 Å². The van der Waals surface area contributed by atoms with Crippen LogP contribution in [0, 0.1) is 11.3 Å². The average Bonchev–Trinajstić information content (AvgIpc) is 2.47. The fourth-order valence-corrected chi connectivity index (χ4v) is 2.49. The topological polar surface area (TPSA) is 56.5 Å². The lowest BCUT2D eigenvalue weighted by Crippen LogP contribution is -2.30. The molecule has 0 fully saturated rings. The van der Waals surface area contributed by atoms with E-state index in [4.69, 9.17) is 10.00 Å². The van der Waals surface area contributed by atoms with Crippen molar-refractivity contribution in [3.8, 4) is 6.07 Å². The van der Waals surface area contributed by atoms with Gasteiger partial charge in [0.15, 0.2) is 0 Å². The summed E-state index contributed by atoms with van der Waals surface area (Å²) in [7, 11) is 1.70. The van der Waals surface area contributed by atoms with Crippen molar-refractivity contribution in [2.75, 3.05) is 31.7 Å². The van der Waals surface area contributed by atoms with E-state index >= 15 is 0 Å². The monoisotopic (exact) mass is 272 g/mol. The van der Waals surface area contributed by atoms with Gasteiger partial charge in [-0.15, -0.1) is 0 Å². The van der Waals surface area contributed by atoms with Crippen molar-refractivity contribution in [3.63, 3.8) is 0 Å². The first kappa shape index (κ1) is 14.6. The fourth-order valence-electron chi connectivity index (χ4n) is 2.49. The van der Waals surface area contributed by atoms with Crippen molar-refractivity contribution in [2.24, 2.45) is 0 Å². The van der Waals surface area contributed by atoms with Gasteiger partial charge in [0.05, 0.1) is 24.3 Å². The van der Waals surface area contributed by atoms with Crippen molar-refractivity contribution < 1.29 is 9.84 Å². The third-order valence-electron chi connectivity index (χ3n) is 3.58. The number of ether oxygens (including phenoxy) is 1. The van der Waals surface area contributed by atoms with Crippen molar-refractivity contribution >= 4 is 5.69 Å². The van der Waals surface area contributed by atoms with Gasteiger partial charge in [0.25, 0.3) is 0 Å². The van der Waals surface area contributed by atoms with Crippen LogP contribution in [-0.2, 0) is 4.74 Å². The first-order valence-electron chi connectivity index (χ1n) is 6.79. The molecule has 2 rings (SSSR count). The van der Waals surface area contributed by atoms with Gasteiger partial charge in [0.2, 0.25) is 0 Å². The molecule has 1 aromatic rings. The highest BCUT2D eigenvalue weighted by atomic mass is 16.5. The third-order valence-corrected chi connectivity index (χ3v) is 3.58. The molecule has 20 heavy (non-hydrogen) atoms. The molecule has 4 heteroatoms. The summed E-state index contributed by atoms with van der Waals surface area (Å²) in [6.07, 6.45) is 2.57. The Labute approximate surface area is 119 Å². The van der Waals surface area contributed by atoms with Crippen molar-refractivity contribution in [1.29, 1.82) is 5.26 Å². The number of nitrogens with zero attached hydrogens (tertiary/aromatic N) is 2. The summed E-state index contributed by atoms with van der Waals surface area (Å²) in [6.45, 7) is 4.09. The van der Waals surface area contributed by atoms with Gasteiger partial charge in [-0.3, -0.25) is 0 Å². The SMILES string of the molecule is COCC1=CCN(c2cc(C#N)ccc2[C@H](C)O)CC1. The van der Waals surface area contributed by atoms with E-state index in [1.54, 1.807) is 20.1 Å². The Kier molecular flexibility index (Phi) is 4.78. The molecule has 0 aromatic heterocycles. The molecule has 106 valence electrons. The van der Waals surface area contributed by atoms with Gasteiger partial charge in [0.1, 0.15) is 0 Å². The van der Waals surface area contributed by atoms with E-state index in [1.165, 1.54) is 5.57 Å². The average molecular weight is 272 g/mol. The molecule has 0 saturated carbocycles. The molecule has 0 amide bonds. The van der Waals surface area contributed by atoms with E-state index in [-0.39, 0.29) is 0 Å². The minimum atomic E-state index is -0.540. The zero-order valence-corrected chi connectivity index (χ0v) is 12.0. The first-order valence-corrected chi connectivity index (χ1v) is 6.79. The molecule has 0 radical (unpaired) electrons. The quantitative estimate of drug-likeness (QED) is 0.855. The molecule has 1 atom stereocenters. The van der Waals surface area contributed by atoms with Crippen molar-refractivity contribution in [1.82, 2.24) is 0 Å². The van der Waals surface area contributed by atoms with E-state index < -0.39 is 6.10 Å². The molecule has 0 saturated heterocycles. The smallest absolute Gasteiger partial charge is 0.0992 e. The zero-order valence-electron chi connectivity index (χ0n) is 12.0. The van der Waals surface area contributed by atoms with Gasteiger partial charge >= 0.3 is 0 Å². The number of hydrogen-bond donors (Lipinski definition) is 1. The summed E-state index contributed by atoms with van der Waals surface area (Å²) in [4.78, 5) is 2.20. The lowest BCUT2D eigenvalue weighted by molar-refractivity contribution is 0.199. The molecule has 0 unspecified atom stereocenters. The second kappa shape index (κ2) is 6.56. The highest BCUT2D eigenvalue weighted by molar-refractivity contribution is 5.59. The molecular weight excluding hydrogens is 252 g/mol. The Morgan fingerprint density at radius 3 is 2.85 bits per heavy atom. The largest absolute Gasteiger partial charge is 0.389 e. The molecule has 1 N–H and O–H groups in total. The van der Waals surface area contributed by atoms with Crippen LogP contribution in [0.4, 0.5) is 5.69 Å². The molecule has 0 aliphatic carbocycles. The highest BCUT2D eigenvalue weighted by Crippen LogP contribution is 2.29. The Morgan fingerprint density at radius 1 is 1.50 bits per heavy atom. The number of aliphatic hydroxyl groups is 1. The van der Waals surface area contributed by atoms with Gasteiger partial charge in [-0.2, -0.15) is 5.26 Å². The normalized spacial score (nSPS) is 16.5. The Morgan fingerprint density at radius 2 is 2.30 bits per heavy atom. The molecule has 0 bridgehead atoms. The summed E-state index contributed by atoms with van der Waals surface area (Å²) in [5.41, 5.74) is 3.74. The summed E-state index contributed by atoms with van der Waals surface area (Å²) in [5.74, 6) is 0.